The summed E-state index contributed by atoms with van der Waals surface area (Å²) < 4.78 is 48.0. The van der Waals surface area contributed by atoms with Gasteiger partial charge in [-0.2, -0.15) is 4.99 Å². The number of amides is 1. The van der Waals surface area contributed by atoms with Crippen LogP contribution < -0.4 is 4.80 Å². The third kappa shape index (κ3) is 3.57. The second-order valence-electron chi connectivity index (χ2n) is 5.83. The Labute approximate surface area is 161 Å². The van der Waals surface area contributed by atoms with E-state index >= 15 is 0 Å². The van der Waals surface area contributed by atoms with E-state index in [0.717, 1.165) is 16.0 Å². The zero-order valence-corrected chi connectivity index (χ0v) is 15.7. The minimum Gasteiger partial charge on any atom is -0.467 e. The van der Waals surface area contributed by atoms with Crippen LogP contribution in [0, 0.1) is 17.5 Å². The molecule has 0 saturated carbocycles. The van der Waals surface area contributed by atoms with Crippen molar-refractivity contribution in [3.05, 3.63) is 64.2 Å². The summed E-state index contributed by atoms with van der Waals surface area (Å²) in [4.78, 5) is 28.6. The second kappa shape index (κ2) is 7.97. The number of para-hydroxylation sites is 1. The molecule has 0 aliphatic heterocycles. The normalized spacial score (nSPS) is 13.0. The van der Waals surface area contributed by atoms with Crippen LogP contribution >= 0.6 is 11.3 Å². The maximum Gasteiger partial charge on any atom is 0.328 e. The lowest BCUT2D eigenvalue weighted by atomic mass is 10.2. The lowest BCUT2D eigenvalue weighted by Gasteiger charge is -2.15. The van der Waals surface area contributed by atoms with Gasteiger partial charge in [0.2, 0.25) is 0 Å². The molecule has 1 aromatic heterocycles. The van der Waals surface area contributed by atoms with E-state index in [1.165, 1.54) is 11.7 Å². The Hall–Kier alpha value is -2.94. The summed E-state index contributed by atoms with van der Waals surface area (Å²) in [5.41, 5.74) is -0.340. The summed E-state index contributed by atoms with van der Waals surface area (Å²) in [7, 11) is 1.24. The van der Waals surface area contributed by atoms with E-state index in [0.29, 0.717) is 24.1 Å². The number of carbonyl (C=O) groups excluding carboxylic acids is 2. The van der Waals surface area contributed by atoms with Gasteiger partial charge < -0.3 is 9.30 Å². The van der Waals surface area contributed by atoms with E-state index in [1.54, 1.807) is 31.2 Å². The number of ether oxygens (including phenoxy) is 1. The molecule has 1 amide bonds. The van der Waals surface area contributed by atoms with Gasteiger partial charge in [-0.1, -0.05) is 30.4 Å². The molecule has 1 atom stereocenters. The standard InChI is InChI=1S/C19H15F3N2O3S/c1-3-13(18(26)27-2)24-14-6-4-5-7-15(14)28-19(24)23-17(25)16-11(21)8-10(20)9-12(16)22/h4-9,13H,3H2,1-2H3. The van der Waals surface area contributed by atoms with E-state index in [2.05, 4.69) is 4.99 Å². The molecule has 2 aromatic carbocycles. The van der Waals surface area contributed by atoms with Crippen molar-refractivity contribution in [1.29, 1.82) is 0 Å². The molecule has 0 fully saturated rings. The Kier molecular flexibility index (Phi) is 5.64. The largest absolute Gasteiger partial charge is 0.467 e. The van der Waals surface area contributed by atoms with Crippen molar-refractivity contribution >= 4 is 33.4 Å². The van der Waals surface area contributed by atoms with E-state index in [-0.39, 0.29) is 4.80 Å². The maximum absolute atomic E-state index is 13.9. The number of hydrogen-bond acceptors (Lipinski definition) is 4. The Bertz CT molecular complexity index is 1110. The fourth-order valence-electron chi connectivity index (χ4n) is 2.85. The smallest absolute Gasteiger partial charge is 0.328 e. The zero-order valence-electron chi connectivity index (χ0n) is 14.9. The fraction of sp³-hybridized carbons (Fsp3) is 0.211. The van der Waals surface area contributed by atoms with Crippen molar-refractivity contribution in [2.75, 3.05) is 7.11 Å². The van der Waals surface area contributed by atoms with E-state index < -0.39 is 40.9 Å². The lowest BCUT2D eigenvalue weighted by Crippen LogP contribution is -2.28. The third-order valence-electron chi connectivity index (χ3n) is 4.12. The van der Waals surface area contributed by atoms with Crippen molar-refractivity contribution in [2.45, 2.75) is 19.4 Å². The van der Waals surface area contributed by atoms with Gasteiger partial charge in [-0.05, 0) is 18.6 Å². The molecule has 1 unspecified atom stereocenters. The van der Waals surface area contributed by atoms with Crippen LogP contribution in [0.2, 0.25) is 0 Å². The quantitative estimate of drug-likeness (QED) is 0.614. The highest BCUT2D eigenvalue weighted by Gasteiger charge is 2.24. The van der Waals surface area contributed by atoms with E-state index in [4.69, 9.17) is 4.74 Å². The molecule has 3 aromatic rings. The highest BCUT2D eigenvalue weighted by atomic mass is 32.1. The number of thiazole rings is 1. The number of esters is 1. The average Bonchev–Trinajstić information content (AvgIpc) is 2.99. The van der Waals surface area contributed by atoms with Gasteiger partial charge >= 0.3 is 5.97 Å². The molecular formula is C19H15F3N2O3S. The summed E-state index contributed by atoms with van der Waals surface area (Å²) in [6.45, 7) is 1.76. The molecule has 0 spiro atoms. The molecule has 0 bridgehead atoms. The highest BCUT2D eigenvalue weighted by molar-refractivity contribution is 7.16. The predicted octanol–water partition coefficient (Wildman–Crippen LogP) is 3.99. The van der Waals surface area contributed by atoms with Crippen LogP contribution in [-0.2, 0) is 9.53 Å². The Morgan fingerprint density at radius 1 is 1.18 bits per heavy atom. The molecule has 9 heteroatoms. The number of halogens is 3. The molecule has 0 aliphatic rings. The van der Waals surface area contributed by atoms with Crippen molar-refractivity contribution in [3.63, 3.8) is 0 Å². The number of nitrogens with zero attached hydrogens (tertiary/aromatic N) is 2. The molecule has 0 saturated heterocycles. The molecule has 0 radical (unpaired) electrons. The molecule has 28 heavy (non-hydrogen) atoms. The van der Waals surface area contributed by atoms with Gasteiger partial charge in [0.25, 0.3) is 5.91 Å². The molecule has 5 nitrogen and oxygen atoms in total. The second-order valence-corrected chi connectivity index (χ2v) is 6.84. The molecule has 146 valence electrons. The van der Waals surface area contributed by atoms with Gasteiger partial charge in [0.15, 0.2) is 4.80 Å². The summed E-state index contributed by atoms with van der Waals surface area (Å²) in [6, 6.07) is 7.06. The Morgan fingerprint density at radius 3 is 2.43 bits per heavy atom. The topological polar surface area (TPSA) is 60.7 Å². The van der Waals surface area contributed by atoms with Gasteiger partial charge in [0, 0.05) is 12.1 Å². The van der Waals surface area contributed by atoms with Crippen LogP contribution in [0.1, 0.15) is 29.7 Å². The lowest BCUT2D eigenvalue weighted by molar-refractivity contribution is -0.144. The number of aromatic nitrogens is 1. The SMILES string of the molecule is CCC(C(=O)OC)n1c(=NC(=O)c2c(F)cc(F)cc2F)sc2ccccc21. The maximum atomic E-state index is 13.9. The Morgan fingerprint density at radius 2 is 1.82 bits per heavy atom. The number of rotatable bonds is 4. The van der Waals surface area contributed by atoms with Crippen LogP contribution in [0.4, 0.5) is 13.2 Å². The van der Waals surface area contributed by atoms with Gasteiger partial charge in [-0.15, -0.1) is 0 Å². The van der Waals surface area contributed by atoms with E-state index in [1.807, 2.05) is 0 Å². The van der Waals surface area contributed by atoms with Gasteiger partial charge in [0.1, 0.15) is 29.1 Å². The number of carbonyl (C=O) groups is 2. The van der Waals surface area contributed by atoms with Crippen molar-refractivity contribution in [1.82, 2.24) is 4.57 Å². The molecule has 0 aliphatic carbocycles. The first-order valence-electron chi connectivity index (χ1n) is 8.28. The number of hydrogen-bond donors (Lipinski definition) is 0. The van der Waals surface area contributed by atoms with Crippen molar-refractivity contribution < 1.29 is 27.5 Å². The Balaban J connectivity index is 2.24. The monoisotopic (exact) mass is 408 g/mol. The van der Waals surface area contributed by atoms with Crippen LogP contribution in [-0.4, -0.2) is 23.6 Å². The summed E-state index contributed by atoms with van der Waals surface area (Å²) in [5.74, 6) is -5.59. The van der Waals surface area contributed by atoms with Gasteiger partial charge in [-0.25, -0.2) is 18.0 Å². The van der Waals surface area contributed by atoms with Crippen molar-refractivity contribution in [3.8, 4) is 0 Å². The highest BCUT2D eigenvalue weighted by Crippen LogP contribution is 2.23. The number of fused-ring (bicyclic) bond motifs is 1. The number of benzene rings is 2. The number of methoxy groups -OCH3 is 1. The van der Waals surface area contributed by atoms with Crippen LogP contribution in [0.5, 0.6) is 0 Å². The summed E-state index contributed by atoms with van der Waals surface area (Å²) in [6.07, 6.45) is 0.341. The molecule has 3 rings (SSSR count). The minimum absolute atomic E-state index is 0.0755. The van der Waals surface area contributed by atoms with Crippen LogP contribution in [0.15, 0.2) is 41.4 Å². The predicted molar refractivity (Wildman–Crippen MR) is 97.4 cm³/mol. The van der Waals surface area contributed by atoms with E-state index in [9.17, 15) is 22.8 Å². The first-order chi connectivity index (χ1) is 13.4. The third-order valence-corrected chi connectivity index (χ3v) is 5.16. The first-order valence-corrected chi connectivity index (χ1v) is 9.10. The fourth-order valence-corrected chi connectivity index (χ4v) is 3.92. The van der Waals surface area contributed by atoms with Crippen LogP contribution in [0.25, 0.3) is 10.2 Å². The zero-order chi connectivity index (χ0) is 20.4. The first kappa shape index (κ1) is 19.8. The van der Waals surface area contributed by atoms with Crippen LogP contribution in [0.3, 0.4) is 0 Å². The van der Waals surface area contributed by atoms with Gasteiger partial charge in [0.05, 0.1) is 17.3 Å². The molecular weight excluding hydrogens is 393 g/mol. The summed E-state index contributed by atoms with van der Waals surface area (Å²) >= 11 is 1.08. The van der Waals surface area contributed by atoms with Gasteiger partial charge in [-0.3, -0.25) is 4.79 Å². The molecule has 1 heterocycles. The minimum atomic E-state index is -1.35. The van der Waals surface area contributed by atoms with Crippen molar-refractivity contribution in [2.24, 2.45) is 4.99 Å². The molecule has 0 N–H and O–H groups in total. The summed E-state index contributed by atoms with van der Waals surface area (Å²) in [5, 5.41) is 0. The average molecular weight is 408 g/mol.